The zero-order valence-corrected chi connectivity index (χ0v) is 10.2. The van der Waals surface area contributed by atoms with Gasteiger partial charge in [0.1, 0.15) is 5.75 Å². The van der Waals surface area contributed by atoms with E-state index in [-0.39, 0.29) is 12.1 Å². The van der Waals surface area contributed by atoms with E-state index in [2.05, 4.69) is 0 Å². The van der Waals surface area contributed by atoms with Gasteiger partial charge in [0, 0.05) is 6.54 Å². The van der Waals surface area contributed by atoms with Gasteiger partial charge in [0.25, 0.3) is 0 Å². The Morgan fingerprint density at radius 3 is 2.21 bits per heavy atom. The van der Waals surface area contributed by atoms with E-state index in [0.717, 1.165) is 12.1 Å². The summed E-state index contributed by atoms with van der Waals surface area (Å²) in [6.07, 6.45) is 0. The van der Waals surface area contributed by atoms with E-state index in [1.165, 1.54) is 7.11 Å². The lowest BCUT2D eigenvalue weighted by Gasteiger charge is -2.11. The fourth-order valence-electron chi connectivity index (χ4n) is 1.86. The van der Waals surface area contributed by atoms with Gasteiger partial charge < -0.3 is 10.5 Å². The van der Waals surface area contributed by atoms with Crippen molar-refractivity contribution in [2.75, 3.05) is 7.11 Å². The van der Waals surface area contributed by atoms with Crippen LogP contribution in [0.4, 0.5) is 13.2 Å². The average Bonchev–Trinajstić information content (AvgIpc) is 2.43. The Labute approximate surface area is 108 Å². The standard InChI is InChI=1S/C14H12F3NO/c1-19-10-2-3-11(9(4-10)7-18)8-5-12(15)14(17)13(16)6-8/h2-6H,7,18H2,1H3. The van der Waals surface area contributed by atoms with Crippen molar-refractivity contribution in [3.63, 3.8) is 0 Å². The van der Waals surface area contributed by atoms with Crippen molar-refractivity contribution >= 4 is 0 Å². The average molecular weight is 267 g/mol. The van der Waals surface area contributed by atoms with Crippen LogP contribution in [0, 0.1) is 17.5 Å². The smallest absolute Gasteiger partial charge is 0.194 e. The number of nitrogens with two attached hydrogens (primary N) is 1. The topological polar surface area (TPSA) is 35.2 Å². The molecular weight excluding hydrogens is 255 g/mol. The van der Waals surface area contributed by atoms with E-state index >= 15 is 0 Å². The minimum atomic E-state index is -1.48. The molecule has 0 saturated heterocycles. The number of rotatable bonds is 3. The van der Waals surface area contributed by atoms with Crippen LogP contribution in [0.1, 0.15) is 5.56 Å². The Hall–Kier alpha value is -2.01. The number of halogens is 3. The molecule has 0 saturated carbocycles. The predicted octanol–water partition coefficient (Wildman–Crippen LogP) is 3.24. The molecule has 5 heteroatoms. The van der Waals surface area contributed by atoms with Gasteiger partial charge in [-0.05, 0) is 41.0 Å². The molecule has 0 atom stereocenters. The summed E-state index contributed by atoms with van der Waals surface area (Å²) in [6.45, 7) is 0.174. The highest BCUT2D eigenvalue weighted by Crippen LogP contribution is 2.29. The van der Waals surface area contributed by atoms with Gasteiger partial charge in [-0.25, -0.2) is 13.2 Å². The first-order valence-electron chi connectivity index (χ1n) is 5.58. The molecule has 0 amide bonds. The van der Waals surface area contributed by atoms with E-state index in [0.29, 0.717) is 16.9 Å². The van der Waals surface area contributed by atoms with Crippen molar-refractivity contribution in [3.05, 3.63) is 53.3 Å². The first-order chi connectivity index (χ1) is 9.06. The van der Waals surface area contributed by atoms with Gasteiger partial charge >= 0.3 is 0 Å². The van der Waals surface area contributed by atoms with Gasteiger partial charge in [-0.1, -0.05) is 6.07 Å². The first-order valence-corrected chi connectivity index (χ1v) is 5.58. The quantitative estimate of drug-likeness (QED) is 0.866. The van der Waals surface area contributed by atoms with Crippen LogP contribution < -0.4 is 10.5 Å². The highest BCUT2D eigenvalue weighted by atomic mass is 19.2. The van der Waals surface area contributed by atoms with Gasteiger partial charge in [0.15, 0.2) is 17.5 Å². The molecule has 0 bridgehead atoms. The van der Waals surface area contributed by atoms with Crippen LogP contribution in [0.3, 0.4) is 0 Å². The largest absolute Gasteiger partial charge is 0.497 e. The highest BCUT2D eigenvalue weighted by Gasteiger charge is 2.13. The molecule has 19 heavy (non-hydrogen) atoms. The third-order valence-corrected chi connectivity index (χ3v) is 2.83. The van der Waals surface area contributed by atoms with Crippen molar-refractivity contribution in [3.8, 4) is 16.9 Å². The molecule has 0 radical (unpaired) electrons. The molecule has 0 aliphatic carbocycles. The van der Waals surface area contributed by atoms with Crippen LogP contribution in [-0.2, 0) is 6.54 Å². The third-order valence-electron chi connectivity index (χ3n) is 2.83. The number of benzene rings is 2. The second-order valence-corrected chi connectivity index (χ2v) is 3.98. The summed E-state index contributed by atoms with van der Waals surface area (Å²) in [4.78, 5) is 0. The van der Waals surface area contributed by atoms with Crippen molar-refractivity contribution in [1.29, 1.82) is 0 Å². The molecule has 0 aliphatic heterocycles. The van der Waals surface area contributed by atoms with Crippen LogP contribution in [0.5, 0.6) is 5.75 Å². The number of methoxy groups -OCH3 is 1. The second-order valence-electron chi connectivity index (χ2n) is 3.98. The van der Waals surface area contributed by atoms with Crippen molar-refractivity contribution < 1.29 is 17.9 Å². The van der Waals surface area contributed by atoms with E-state index in [1.54, 1.807) is 18.2 Å². The van der Waals surface area contributed by atoms with Crippen LogP contribution in [0.25, 0.3) is 11.1 Å². The number of hydrogen-bond donors (Lipinski definition) is 1. The summed E-state index contributed by atoms with van der Waals surface area (Å²) in [5.74, 6) is -3.35. The summed E-state index contributed by atoms with van der Waals surface area (Å²) in [6, 6.07) is 6.84. The Bertz CT molecular complexity index is 591. The van der Waals surface area contributed by atoms with Gasteiger partial charge in [-0.2, -0.15) is 0 Å². The molecule has 100 valence electrons. The first kappa shape index (κ1) is 13.4. The zero-order chi connectivity index (χ0) is 14.0. The van der Waals surface area contributed by atoms with Gasteiger partial charge in [0.05, 0.1) is 7.11 Å². The van der Waals surface area contributed by atoms with Gasteiger partial charge in [-0.15, -0.1) is 0 Å². The molecule has 2 aromatic rings. The maximum atomic E-state index is 13.2. The maximum absolute atomic E-state index is 13.2. The van der Waals surface area contributed by atoms with Crippen LogP contribution in [-0.4, -0.2) is 7.11 Å². The van der Waals surface area contributed by atoms with Crippen molar-refractivity contribution in [2.24, 2.45) is 5.73 Å². The summed E-state index contributed by atoms with van der Waals surface area (Å²) in [5.41, 5.74) is 7.04. The van der Waals surface area contributed by atoms with Crippen molar-refractivity contribution in [1.82, 2.24) is 0 Å². The minimum absolute atomic E-state index is 0.174. The molecular formula is C14H12F3NO. The zero-order valence-electron chi connectivity index (χ0n) is 10.2. The van der Waals surface area contributed by atoms with E-state index < -0.39 is 17.5 Å². The maximum Gasteiger partial charge on any atom is 0.194 e. The second kappa shape index (κ2) is 5.32. The monoisotopic (exact) mass is 267 g/mol. The summed E-state index contributed by atoms with van der Waals surface area (Å²) in [7, 11) is 1.51. The van der Waals surface area contributed by atoms with Gasteiger partial charge in [0.2, 0.25) is 0 Å². The predicted molar refractivity (Wildman–Crippen MR) is 66.2 cm³/mol. The molecule has 0 heterocycles. The van der Waals surface area contributed by atoms with E-state index in [9.17, 15) is 13.2 Å². The fourth-order valence-corrected chi connectivity index (χ4v) is 1.86. The van der Waals surface area contributed by atoms with E-state index in [1.807, 2.05) is 0 Å². The highest BCUT2D eigenvalue weighted by molar-refractivity contribution is 5.68. The van der Waals surface area contributed by atoms with Crippen LogP contribution >= 0.6 is 0 Å². The lowest BCUT2D eigenvalue weighted by atomic mass is 9.99. The molecule has 2 aromatic carbocycles. The van der Waals surface area contributed by atoms with Crippen molar-refractivity contribution in [2.45, 2.75) is 6.54 Å². The Morgan fingerprint density at radius 2 is 1.68 bits per heavy atom. The van der Waals surface area contributed by atoms with Crippen LogP contribution in [0.2, 0.25) is 0 Å². The molecule has 2 nitrogen and oxygen atoms in total. The molecule has 2 N–H and O–H groups in total. The van der Waals surface area contributed by atoms with Crippen LogP contribution in [0.15, 0.2) is 30.3 Å². The molecule has 0 spiro atoms. The molecule has 0 aliphatic rings. The summed E-state index contributed by atoms with van der Waals surface area (Å²) in [5, 5.41) is 0. The Balaban J connectivity index is 2.58. The lowest BCUT2D eigenvalue weighted by molar-refractivity contribution is 0.414. The minimum Gasteiger partial charge on any atom is -0.497 e. The molecule has 2 rings (SSSR count). The molecule has 0 aromatic heterocycles. The SMILES string of the molecule is COc1ccc(-c2cc(F)c(F)c(F)c2)c(CN)c1. The van der Waals surface area contributed by atoms with Gasteiger partial charge in [-0.3, -0.25) is 0 Å². The third kappa shape index (κ3) is 2.56. The normalized spacial score (nSPS) is 10.6. The van der Waals surface area contributed by atoms with E-state index in [4.69, 9.17) is 10.5 Å². The molecule has 0 fully saturated rings. The fraction of sp³-hybridized carbons (Fsp3) is 0.143. The number of ether oxygens (including phenoxy) is 1. The summed E-state index contributed by atoms with van der Waals surface area (Å²) >= 11 is 0. The Morgan fingerprint density at radius 1 is 1.05 bits per heavy atom. The Kier molecular flexibility index (Phi) is 3.76. The number of hydrogen-bond acceptors (Lipinski definition) is 2. The molecule has 0 unspecified atom stereocenters. The lowest BCUT2D eigenvalue weighted by Crippen LogP contribution is -2.01. The summed E-state index contributed by atoms with van der Waals surface area (Å²) < 4.78 is 44.5.